The van der Waals surface area contributed by atoms with Gasteiger partial charge in [-0.05, 0) is 24.1 Å². The summed E-state index contributed by atoms with van der Waals surface area (Å²) in [4.78, 5) is 2.25. The first-order valence-electron chi connectivity index (χ1n) is 6.25. The summed E-state index contributed by atoms with van der Waals surface area (Å²) in [7, 11) is 2.11. The maximum atomic E-state index is 5.78. The van der Waals surface area contributed by atoms with Crippen LogP contribution in [0, 0.1) is 6.92 Å². The zero-order valence-corrected chi connectivity index (χ0v) is 11.1. The minimum Gasteiger partial charge on any atom is -0.370 e. The molecule has 0 saturated heterocycles. The maximum absolute atomic E-state index is 5.78. The number of anilines is 1. The Labute approximate surface area is 109 Å². The van der Waals surface area contributed by atoms with E-state index in [2.05, 4.69) is 61.3 Å². The van der Waals surface area contributed by atoms with Crippen molar-refractivity contribution in [1.29, 1.82) is 0 Å². The molecule has 0 heterocycles. The highest BCUT2D eigenvalue weighted by atomic mass is 15.1. The van der Waals surface area contributed by atoms with Crippen LogP contribution < -0.4 is 10.6 Å². The molecule has 0 radical (unpaired) electrons. The van der Waals surface area contributed by atoms with Gasteiger partial charge in [0.25, 0.3) is 0 Å². The molecular formula is C16H20N2. The average molecular weight is 240 g/mol. The summed E-state index contributed by atoms with van der Waals surface area (Å²) in [5.41, 5.74) is 10.8. The lowest BCUT2D eigenvalue weighted by molar-refractivity contribution is 0.903. The van der Waals surface area contributed by atoms with E-state index in [4.69, 9.17) is 5.73 Å². The molecule has 2 aromatic carbocycles. The predicted octanol–water partition coefficient (Wildman–Crippen LogP) is 3.09. The van der Waals surface area contributed by atoms with Crippen LogP contribution in [0.4, 0.5) is 5.69 Å². The summed E-state index contributed by atoms with van der Waals surface area (Å²) < 4.78 is 0. The van der Waals surface area contributed by atoms with Gasteiger partial charge in [0.05, 0.1) is 0 Å². The Morgan fingerprint density at radius 2 is 1.83 bits per heavy atom. The van der Waals surface area contributed by atoms with E-state index in [0.29, 0.717) is 6.54 Å². The topological polar surface area (TPSA) is 29.3 Å². The number of nitrogens with two attached hydrogens (primary N) is 1. The maximum Gasteiger partial charge on any atom is 0.0426 e. The number of benzene rings is 2. The van der Waals surface area contributed by atoms with Crippen molar-refractivity contribution in [1.82, 2.24) is 0 Å². The molecule has 0 fully saturated rings. The third kappa shape index (κ3) is 2.90. The van der Waals surface area contributed by atoms with E-state index in [1.165, 1.54) is 22.4 Å². The summed E-state index contributed by atoms with van der Waals surface area (Å²) in [6.45, 7) is 3.60. The lowest BCUT2D eigenvalue weighted by atomic mass is 10.1. The Balaban J connectivity index is 2.19. The number of hydrogen-bond donors (Lipinski definition) is 1. The molecule has 0 spiro atoms. The largest absolute Gasteiger partial charge is 0.370 e. The van der Waals surface area contributed by atoms with Crippen LogP contribution in [-0.2, 0) is 13.1 Å². The molecule has 2 N–H and O–H groups in total. The number of nitrogens with zero attached hydrogens (tertiary/aromatic N) is 1. The first kappa shape index (κ1) is 12.7. The van der Waals surface area contributed by atoms with Gasteiger partial charge in [0.2, 0.25) is 0 Å². The summed E-state index contributed by atoms with van der Waals surface area (Å²) in [5.74, 6) is 0. The van der Waals surface area contributed by atoms with Gasteiger partial charge in [-0.3, -0.25) is 0 Å². The van der Waals surface area contributed by atoms with E-state index in [-0.39, 0.29) is 0 Å². The van der Waals surface area contributed by atoms with Crippen molar-refractivity contribution < 1.29 is 0 Å². The van der Waals surface area contributed by atoms with E-state index in [1.807, 2.05) is 6.07 Å². The molecule has 0 aliphatic carbocycles. The summed E-state index contributed by atoms with van der Waals surface area (Å²) in [6, 6.07) is 16.9. The fraction of sp³-hybridized carbons (Fsp3) is 0.250. The molecule has 0 bridgehead atoms. The molecule has 2 heteroatoms. The number of aryl methyl sites for hydroxylation is 1. The summed E-state index contributed by atoms with van der Waals surface area (Å²) in [5, 5.41) is 0. The van der Waals surface area contributed by atoms with E-state index in [0.717, 1.165) is 6.54 Å². The molecule has 0 saturated carbocycles. The van der Waals surface area contributed by atoms with Crippen molar-refractivity contribution in [2.45, 2.75) is 20.0 Å². The molecular weight excluding hydrogens is 220 g/mol. The van der Waals surface area contributed by atoms with Gasteiger partial charge in [-0.25, -0.2) is 0 Å². The minimum atomic E-state index is 0.578. The highest BCUT2D eigenvalue weighted by Gasteiger charge is 2.06. The first-order chi connectivity index (χ1) is 8.70. The lowest BCUT2D eigenvalue weighted by Gasteiger charge is -2.22. The number of rotatable bonds is 4. The number of hydrogen-bond acceptors (Lipinski definition) is 2. The van der Waals surface area contributed by atoms with Crippen molar-refractivity contribution in [2.24, 2.45) is 5.73 Å². The van der Waals surface area contributed by atoms with Crippen LogP contribution in [0.2, 0.25) is 0 Å². The Kier molecular flexibility index (Phi) is 4.00. The molecule has 0 unspecified atom stereocenters. The molecule has 2 nitrogen and oxygen atoms in total. The smallest absolute Gasteiger partial charge is 0.0426 e. The zero-order chi connectivity index (χ0) is 13.0. The van der Waals surface area contributed by atoms with Crippen LogP contribution in [0.1, 0.15) is 16.7 Å². The SMILES string of the molecule is Cc1cccc(CN(C)c2ccccc2CN)c1. The molecule has 94 valence electrons. The van der Waals surface area contributed by atoms with Crippen LogP contribution in [0.25, 0.3) is 0 Å². The monoisotopic (exact) mass is 240 g/mol. The first-order valence-corrected chi connectivity index (χ1v) is 6.25. The van der Waals surface area contributed by atoms with E-state index in [9.17, 15) is 0 Å². The van der Waals surface area contributed by atoms with Gasteiger partial charge in [0, 0.05) is 25.8 Å². The molecule has 2 aromatic rings. The normalized spacial score (nSPS) is 10.4. The summed E-state index contributed by atoms with van der Waals surface area (Å²) in [6.07, 6.45) is 0. The third-order valence-electron chi connectivity index (χ3n) is 3.13. The van der Waals surface area contributed by atoms with Crippen molar-refractivity contribution in [2.75, 3.05) is 11.9 Å². The molecule has 0 aliphatic rings. The van der Waals surface area contributed by atoms with Gasteiger partial charge in [-0.15, -0.1) is 0 Å². The van der Waals surface area contributed by atoms with Crippen molar-refractivity contribution in [3.05, 3.63) is 65.2 Å². The second-order valence-electron chi connectivity index (χ2n) is 4.68. The highest BCUT2D eigenvalue weighted by Crippen LogP contribution is 2.20. The van der Waals surface area contributed by atoms with Gasteiger partial charge in [-0.2, -0.15) is 0 Å². The fourth-order valence-corrected chi connectivity index (χ4v) is 2.23. The van der Waals surface area contributed by atoms with Gasteiger partial charge in [-0.1, -0.05) is 48.0 Å². The summed E-state index contributed by atoms with van der Waals surface area (Å²) >= 11 is 0. The van der Waals surface area contributed by atoms with Crippen LogP contribution in [0.3, 0.4) is 0 Å². The standard InChI is InChI=1S/C16H20N2/c1-13-6-5-7-14(10-13)12-18(2)16-9-4-3-8-15(16)11-17/h3-10H,11-12,17H2,1-2H3. The predicted molar refractivity (Wildman–Crippen MR) is 77.6 cm³/mol. The Morgan fingerprint density at radius 1 is 1.06 bits per heavy atom. The Morgan fingerprint density at radius 3 is 2.56 bits per heavy atom. The van der Waals surface area contributed by atoms with Crippen molar-refractivity contribution in [3.8, 4) is 0 Å². The molecule has 18 heavy (non-hydrogen) atoms. The van der Waals surface area contributed by atoms with Gasteiger partial charge in [0.1, 0.15) is 0 Å². The van der Waals surface area contributed by atoms with Crippen LogP contribution in [0.5, 0.6) is 0 Å². The Bertz CT molecular complexity index is 520. The number of para-hydroxylation sites is 1. The molecule has 0 atom stereocenters. The van der Waals surface area contributed by atoms with E-state index < -0.39 is 0 Å². The van der Waals surface area contributed by atoms with Gasteiger partial charge in [0.15, 0.2) is 0 Å². The second kappa shape index (κ2) is 5.69. The van der Waals surface area contributed by atoms with E-state index in [1.54, 1.807) is 0 Å². The lowest BCUT2D eigenvalue weighted by Crippen LogP contribution is -2.18. The van der Waals surface area contributed by atoms with Crippen LogP contribution >= 0.6 is 0 Å². The van der Waals surface area contributed by atoms with Crippen molar-refractivity contribution in [3.63, 3.8) is 0 Å². The van der Waals surface area contributed by atoms with Gasteiger partial charge >= 0.3 is 0 Å². The van der Waals surface area contributed by atoms with Gasteiger partial charge < -0.3 is 10.6 Å². The minimum absolute atomic E-state index is 0.578. The fourth-order valence-electron chi connectivity index (χ4n) is 2.23. The molecule has 0 aromatic heterocycles. The highest BCUT2D eigenvalue weighted by molar-refractivity contribution is 5.53. The Hall–Kier alpha value is -1.80. The quantitative estimate of drug-likeness (QED) is 0.889. The zero-order valence-electron chi connectivity index (χ0n) is 11.1. The second-order valence-corrected chi connectivity index (χ2v) is 4.68. The van der Waals surface area contributed by atoms with Crippen LogP contribution in [0.15, 0.2) is 48.5 Å². The van der Waals surface area contributed by atoms with E-state index >= 15 is 0 Å². The van der Waals surface area contributed by atoms with Crippen LogP contribution in [-0.4, -0.2) is 7.05 Å². The van der Waals surface area contributed by atoms with Crippen molar-refractivity contribution >= 4 is 5.69 Å². The molecule has 0 aliphatic heterocycles. The molecule has 0 amide bonds. The molecule has 2 rings (SSSR count). The third-order valence-corrected chi connectivity index (χ3v) is 3.13. The average Bonchev–Trinajstić information content (AvgIpc) is 2.38.